The van der Waals surface area contributed by atoms with Crippen molar-refractivity contribution in [2.24, 2.45) is 0 Å². The summed E-state index contributed by atoms with van der Waals surface area (Å²) in [5, 5.41) is 19.7. The molecule has 2 rings (SSSR count). The van der Waals surface area contributed by atoms with Crippen molar-refractivity contribution >= 4 is 23.9 Å². The number of esters is 4. The van der Waals surface area contributed by atoms with Crippen LogP contribution in [0.3, 0.4) is 0 Å². The molecule has 0 fully saturated rings. The number of benzene rings is 2. The van der Waals surface area contributed by atoms with Gasteiger partial charge < -0.3 is 19.7 Å². The average Bonchev–Trinajstić information content (AvgIpc) is 2.70. The highest BCUT2D eigenvalue weighted by Gasteiger charge is 2.36. The highest BCUT2D eigenvalue weighted by atomic mass is 16.6. The molecule has 8 nitrogen and oxygen atoms in total. The SMILES string of the molecule is Cc1cccc(C(=O)OC(=O)C(O)C(O)C(=O)OC(=O)c2cccc(C)c2C)c1C. The van der Waals surface area contributed by atoms with Gasteiger partial charge in [0.05, 0.1) is 11.1 Å². The van der Waals surface area contributed by atoms with E-state index in [0.717, 1.165) is 11.1 Å². The molecule has 0 aromatic heterocycles. The second-order valence-electron chi connectivity index (χ2n) is 6.80. The van der Waals surface area contributed by atoms with Crippen LogP contribution >= 0.6 is 0 Å². The molecule has 0 saturated heterocycles. The molecule has 0 bridgehead atoms. The molecular weight excluding hydrogens is 392 g/mol. The topological polar surface area (TPSA) is 127 Å². The fourth-order valence-corrected chi connectivity index (χ4v) is 2.62. The molecule has 8 heteroatoms. The van der Waals surface area contributed by atoms with Crippen LogP contribution in [0.5, 0.6) is 0 Å². The van der Waals surface area contributed by atoms with Gasteiger partial charge in [-0.05, 0) is 62.1 Å². The predicted octanol–water partition coefficient (Wildman–Crippen LogP) is 1.71. The third-order valence-corrected chi connectivity index (χ3v) is 4.82. The van der Waals surface area contributed by atoms with Crippen LogP contribution in [0.4, 0.5) is 0 Å². The van der Waals surface area contributed by atoms with Crippen LogP contribution in [-0.2, 0) is 19.1 Å². The van der Waals surface area contributed by atoms with Crippen LogP contribution in [0.15, 0.2) is 36.4 Å². The van der Waals surface area contributed by atoms with Gasteiger partial charge in [0.1, 0.15) is 0 Å². The molecule has 2 atom stereocenters. The number of carbonyl (C=O) groups is 4. The first-order valence-corrected chi connectivity index (χ1v) is 9.05. The summed E-state index contributed by atoms with van der Waals surface area (Å²) in [7, 11) is 0. The lowest BCUT2D eigenvalue weighted by atomic mass is 10.0. The van der Waals surface area contributed by atoms with E-state index >= 15 is 0 Å². The molecule has 0 heterocycles. The number of carbonyl (C=O) groups excluding carboxylic acids is 4. The van der Waals surface area contributed by atoms with E-state index in [1.165, 1.54) is 12.1 Å². The number of aliphatic hydroxyl groups excluding tert-OH is 2. The maximum absolute atomic E-state index is 12.2. The molecule has 0 aliphatic carbocycles. The molecule has 0 aliphatic rings. The van der Waals surface area contributed by atoms with E-state index in [2.05, 4.69) is 9.47 Å². The number of rotatable bonds is 5. The van der Waals surface area contributed by atoms with Crippen molar-refractivity contribution in [3.63, 3.8) is 0 Å². The Labute approximate surface area is 173 Å². The van der Waals surface area contributed by atoms with E-state index < -0.39 is 36.1 Å². The van der Waals surface area contributed by atoms with Crippen LogP contribution in [-0.4, -0.2) is 46.3 Å². The van der Waals surface area contributed by atoms with Crippen molar-refractivity contribution < 1.29 is 38.9 Å². The molecule has 0 radical (unpaired) electrons. The summed E-state index contributed by atoms with van der Waals surface area (Å²) in [6.45, 7) is 6.82. The van der Waals surface area contributed by atoms with Gasteiger partial charge in [-0.1, -0.05) is 24.3 Å². The third-order valence-electron chi connectivity index (χ3n) is 4.82. The first kappa shape index (κ1) is 22.9. The maximum Gasteiger partial charge on any atom is 0.346 e. The molecule has 0 saturated carbocycles. The van der Waals surface area contributed by atoms with Crippen LogP contribution in [0.2, 0.25) is 0 Å². The fraction of sp³-hybridized carbons (Fsp3) is 0.273. The van der Waals surface area contributed by atoms with E-state index in [1.807, 2.05) is 0 Å². The van der Waals surface area contributed by atoms with Gasteiger partial charge in [0, 0.05) is 0 Å². The first-order chi connectivity index (χ1) is 14.0. The monoisotopic (exact) mass is 414 g/mol. The van der Waals surface area contributed by atoms with Crippen molar-refractivity contribution in [2.75, 3.05) is 0 Å². The molecule has 2 aromatic carbocycles. The summed E-state index contributed by atoms with van der Waals surface area (Å²) < 4.78 is 9.10. The summed E-state index contributed by atoms with van der Waals surface area (Å²) in [6.07, 6.45) is -4.84. The maximum atomic E-state index is 12.2. The van der Waals surface area contributed by atoms with E-state index in [0.29, 0.717) is 11.1 Å². The van der Waals surface area contributed by atoms with Crippen molar-refractivity contribution in [1.29, 1.82) is 0 Å². The standard InChI is InChI=1S/C22H22O8/c1-11-7-5-9-15(13(11)3)19(25)29-21(27)17(23)18(24)22(28)30-20(26)16-10-6-8-12(2)14(16)4/h5-10,17-18,23-24H,1-4H3. The molecule has 0 aliphatic heterocycles. The second-order valence-corrected chi connectivity index (χ2v) is 6.80. The van der Waals surface area contributed by atoms with Gasteiger partial charge in [0.2, 0.25) is 0 Å². The van der Waals surface area contributed by atoms with E-state index in [-0.39, 0.29) is 11.1 Å². The lowest BCUT2D eigenvalue weighted by Crippen LogP contribution is -2.43. The van der Waals surface area contributed by atoms with Crippen molar-refractivity contribution in [3.05, 3.63) is 69.8 Å². The second kappa shape index (κ2) is 9.43. The summed E-state index contributed by atoms with van der Waals surface area (Å²) >= 11 is 0. The molecular formula is C22H22O8. The molecule has 30 heavy (non-hydrogen) atoms. The van der Waals surface area contributed by atoms with Gasteiger partial charge in [0.15, 0.2) is 12.2 Å². The summed E-state index contributed by atoms with van der Waals surface area (Å²) in [6, 6.07) is 9.55. The third kappa shape index (κ3) is 4.97. The lowest BCUT2D eigenvalue weighted by Gasteiger charge is -2.15. The Bertz CT molecular complexity index is 927. The van der Waals surface area contributed by atoms with E-state index in [4.69, 9.17) is 0 Å². The molecule has 2 aromatic rings. The highest BCUT2D eigenvalue weighted by molar-refractivity contribution is 6.02. The van der Waals surface area contributed by atoms with Crippen LogP contribution in [0.1, 0.15) is 43.0 Å². The zero-order valence-corrected chi connectivity index (χ0v) is 17.0. The van der Waals surface area contributed by atoms with Crippen molar-refractivity contribution in [3.8, 4) is 0 Å². The zero-order chi connectivity index (χ0) is 22.6. The van der Waals surface area contributed by atoms with Gasteiger partial charge in [-0.2, -0.15) is 0 Å². The van der Waals surface area contributed by atoms with Gasteiger partial charge in [-0.3, -0.25) is 0 Å². The van der Waals surface area contributed by atoms with Crippen LogP contribution in [0.25, 0.3) is 0 Å². The van der Waals surface area contributed by atoms with Crippen LogP contribution in [0, 0.1) is 27.7 Å². The normalized spacial score (nSPS) is 12.6. The molecule has 2 N–H and O–H groups in total. The Morgan fingerprint density at radius 1 is 0.667 bits per heavy atom. The minimum absolute atomic E-state index is 0.0951. The molecule has 158 valence electrons. The Morgan fingerprint density at radius 2 is 1.00 bits per heavy atom. The summed E-state index contributed by atoms with van der Waals surface area (Å²) in [5.41, 5.74) is 2.90. The lowest BCUT2D eigenvalue weighted by molar-refractivity contribution is -0.166. The minimum Gasteiger partial charge on any atom is -0.387 e. The molecule has 2 unspecified atom stereocenters. The summed E-state index contributed by atoms with van der Waals surface area (Å²) in [4.78, 5) is 48.3. The molecule has 0 spiro atoms. The van der Waals surface area contributed by atoms with Gasteiger partial charge in [-0.15, -0.1) is 0 Å². The Balaban J connectivity index is 2.04. The first-order valence-electron chi connectivity index (χ1n) is 9.05. The highest BCUT2D eigenvalue weighted by Crippen LogP contribution is 2.16. The van der Waals surface area contributed by atoms with Gasteiger partial charge in [-0.25, -0.2) is 19.2 Å². The zero-order valence-electron chi connectivity index (χ0n) is 17.0. The van der Waals surface area contributed by atoms with Crippen molar-refractivity contribution in [2.45, 2.75) is 39.9 Å². The Morgan fingerprint density at radius 3 is 1.33 bits per heavy atom. The number of aryl methyl sites for hydroxylation is 2. The largest absolute Gasteiger partial charge is 0.387 e. The predicted molar refractivity (Wildman–Crippen MR) is 105 cm³/mol. The average molecular weight is 414 g/mol. The quantitative estimate of drug-likeness (QED) is 0.559. The van der Waals surface area contributed by atoms with Gasteiger partial charge in [0.25, 0.3) is 0 Å². The Hall–Kier alpha value is -3.36. The van der Waals surface area contributed by atoms with Crippen molar-refractivity contribution in [1.82, 2.24) is 0 Å². The fourth-order valence-electron chi connectivity index (χ4n) is 2.62. The minimum atomic E-state index is -2.42. The summed E-state index contributed by atoms with van der Waals surface area (Å²) in [5.74, 6) is -5.20. The number of aliphatic hydroxyl groups is 2. The smallest absolute Gasteiger partial charge is 0.346 e. The Kier molecular flexibility index (Phi) is 7.20. The van der Waals surface area contributed by atoms with E-state index in [9.17, 15) is 29.4 Å². The number of hydrogen-bond donors (Lipinski definition) is 2. The number of ether oxygens (including phenoxy) is 2. The molecule has 0 amide bonds. The van der Waals surface area contributed by atoms with Gasteiger partial charge >= 0.3 is 23.9 Å². The number of hydrogen-bond acceptors (Lipinski definition) is 8. The van der Waals surface area contributed by atoms with Crippen LogP contribution < -0.4 is 0 Å². The van der Waals surface area contributed by atoms with E-state index in [1.54, 1.807) is 52.0 Å².